The summed E-state index contributed by atoms with van der Waals surface area (Å²) in [5.74, 6) is 0.0714. The highest BCUT2D eigenvalue weighted by Gasteiger charge is 2.20. The number of carbonyl (C=O) groups is 1. The summed E-state index contributed by atoms with van der Waals surface area (Å²) in [5.41, 5.74) is 5.58. The minimum atomic E-state index is 0.0714. The molecule has 1 aromatic carbocycles. The summed E-state index contributed by atoms with van der Waals surface area (Å²) in [6.07, 6.45) is 3.37. The third-order valence-electron chi connectivity index (χ3n) is 4.88. The molecule has 5 nitrogen and oxygen atoms in total. The fraction of sp³-hybridized carbons (Fsp3) is 0.300. The maximum Gasteiger partial charge on any atom is 0.221 e. The number of carbonyl (C=O) groups excluding carboxylic acids is 1. The smallest absolute Gasteiger partial charge is 0.221 e. The van der Waals surface area contributed by atoms with Crippen molar-refractivity contribution in [2.75, 3.05) is 0 Å². The molecule has 0 saturated carbocycles. The lowest BCUT2D eigenvalue weighted by atomic mass is 9.94. The minimum Gasteiger partial charge on any atom is -0.350 e. The van der Waals surface area contributed by atoms with Crippen molar-refractivity contribution in [3.8, 4) is 0 Å². The number of pyridine rings is 1. The molecule has 1 aliphatic rings. The van der Waals surface area contributed by atoms with E-state index in [1.807, 2.05) is 35.7 Å². The zero-order valence-electron chi connectivity index (χ0n) is 14.3. The first-order valence-corrected chi connectivity index (χ1v) is 8.70. The topological polar surface area (TPSA) is 58.4 Å². The number of amides is 1. The number of hydrogen-bond acceptors (Lipinski definition) is 3. The summed E-state index contributed by atoms with van der Waals surface area (Å²) in [6, 6.07) is 14.5. The Morgan fingerprint density at radius 2 is 2.04 bits per heavy atom. The van der Waals surface area contributed by atoms with Gasteiger partial charge in [-0.3, -0.25) is 4.79 Å². The van der Waals surface area contributed by atoms with Gasteiger partial charge < -0.3 is 15.0 Å². The van der Waals surface area contributed by atoms with E-state index in [1.165, 1.54) is 11.1 Å². The average molecular weight is 334 g/mol. The van der Waals surface area contributed by atoms with Gasteiger partial charge in [0.05, 0.1) is 17.9 Å². The van der Waals surface area contributed by atoms with Crippen molar-refractivity contribution in [3.05, 3.63) is 71.2 Å². The van der Waals surface area contributed by atoms with E-state index in [0.717, 1.165) is 30.0 Å². The van der Waals surface area contributed by atoms with Crippen LogP contribution in [0.3, 0.4) is 0 Å². The SMILES string of the molecule is Cc1nc2ccccn2c1CNC(=O)C[C@@H]1Cc2ccccc2CN1. The van der Waals surface area contributed by atoms with Crippen molar-refractivity contribution < 1.29 is 4.79 Å². The van der Waals surface area contributed by atoms with E-state index in [2.05, 4.69) is 39.9 Å². The Morgan fingerprint density at radius 3 is 2.92 bits per heavy atom. The van der Waals surface area contributed by atoms with Crippen molar-refractivity contribution in [1.82, 2.24) is 20.0 Å². The van der Waals surface area contributed by atoms with Crippen LogP contribution in [0.4, 0.5) is 0 Å². The van der Waals surface area contributed by atoms with Crippen molar-refractivity contribution in [1.29, 1.82) is 0 Å². The molecule has 0 saturated heterocycles. The number of aromatic nitrogens is 2. The summed E-state index contributed by atoms with van der Waals surface area (Å²) in [6.45, 7) is 3.31. The zero-order chi connectivity index (χ0) is 17.2. The number of aryl methyl sites for hydroxylation is 1. The number of imidazole rings is 1. The lowest BCUT2D eigenvalue weighted by Crippen LogP contribution is -2.39. The molecule has 0 unspecified atom stereocenters. The molecule has 0 spiro atoms. The number of benzene rings is 1. The van der Waals surface area contributed by atoms with Crippen LogP contribution in [-0.4, -0.2) is 21.3 Å². The number of nitrogens with zero attached hydrogens (tertiary/aromatic N) is 2. The van der Waals surface area contributed by atoms with E-state index < -0.39 is 0 Å². The van der Waals surface area contributed by atoms with Gasteiger partial charge in [-0.1, -0.05) is 30.3 Å². The molecule has 3 aromatic rings. The van der Waals surface area contributed by atoms with Gasteiger partial charge in [0, 0.05) is 25.2 Å². The first-order chi connectivity index (χ1) is 12.2. The highest BCUT2D eigenvalue weighted by atomic mass is 16.1. The fourth-order valence-electron chi connectivity index (χ4n) is 3.52. The summed E-state index contributed by atoms with van der Waals surface area (Å²) in [4.78, 5) is 16.9. The molecule has 0 bridgehead atoms. The molecule has 128 valence electrons. The van der Waals surface area contributed by atoms with Gasteiger partial charge in [-0.25, -0.2) is 4.98 Å². The van der Waals surface area contributed by atoms with Gasteiger partial charge in [0.25, 0.3) is 0 Å². The lowest BCUT2D eigenvalue weighted by Gasteiger charge is -2.25. The number of fused-ring (bicyclic) bond motifs is 2. The van der Waals surface area contributed by atoms with Crippen LogP contribution in [0.2, 0.25) is 0 Å². The van der Waals surface area contributed by atoms with Gasteiger partial charge in [0.2, 0.25) is 5.91 Å². The van der Waals surface area contributed by atoms with Crippen LogP contribution in [-0.2, 0) is 24.3 Å². The first-order valence-electron chi connectivity index (χ1n) is 8.70. The second kappa shape index (κ2) is 6.69. The minimum absolute atomic E-state index is 0.0714. The third-order valence-corrected chi connectivity index (χ3v) is 4.88. The molecule has 1 amide bonds. The van der Waals surface area contributed by atoms with E-state index in [0.29, 0.717) is 13.0 Å². The van der Waals surface area contributed by atoms with Crippen LogP contribution >= 0.6 is 0 Å². The Morgan fingerprint density at radius 1 is 1.24 bits per heavy atom. The molecule has 5 heteroatoms. The van der Waals surface area contributed by atoms with Crippen molar-refractivity contribution >= 4 is 11.6 Å². The Kier molecular flexibility index (Phi) is 4.24. The molecule has 4 rings (SSSR count). The van der Waals surface area contributed by atoms with E-state index in [1.54, 1.807) is 0 Å². The summed E-state index contributed by atoms with van der Waals surface area (Å²) in [7, 11) is 0. The zero-order valence-corrected chi connectivity index (χ0v) is 14.3. The van der Waals surface area contributed by atoms with Gasteiger partial charge in [0.15, 0.2) is 0 Å². The van der Waals surface area contributed by atoms with Crippen molar-refractivity contribution in [2.45, 2.75) is 38.9 Å². The molecular formula is C20H22N4O. The number of nitrogens with one attached hydrogen (secondary N) is 2. The van der Waals surface area contributed by atoms with E-state index in [-0.39, 0.29) is 11.9 Å². The predicted molar refractivity (Wildman–Crippen MR) is 97.2 cm³/mol. The first kappa shape index (κ1) is 15.8. The largest absolute Gasteiger partial charge is 0.350 e. The molecule has 3 heterocycles. The quantitative estimate of drug-likeness (QED) is 0.770. The maximum atomic E-state index is 12.4. The van der Waals surface area contributed by atoms with Gasteiger partial charge in [-0.05, 0) is 36.6 Å². The number of rotatable bonds is 4. The second-order valence-corrected chi connectivity index (χ2v) is 6.60. The Hall–Kier alpha value is -2.66. The van der Waals surface area contributed by atoms with Gasteiger partial charge >= 0.3 is 0 Å². The summed E-state index contributed by atoms with van der Waals surface area (Å²) >= 11 is 0. The maximum absolute atomic E-state index is 12.4. The van der Waals surface area contributed by atoms with Gasteiger partial charge in [-0.2, -0.15) is 0 Å². The van der Waals surface area contributed by atoms with E-state index in [4.69, 9.17) is 0 Å². The molecule has 1 aliphatic heterocycles. The molecule has 2 N–H and O–H groups in total. The monoisotopic (exact) mass is 334 g/mol. The molecule has 0 aliphatic carbocycles. The van der Waals surface area contributed by atoms with Crippen LogP contribution in [0.1, 0.15) is 28.9 Å². The molecule has 25 heavy (non-hydrogen) atoms. The predicted octanol–water partition coefficient (Wildman–Crippen LogP) is 2.36. The molecular weight excluding hydrogens is 312 g/mol. The third kappa shape index (κ3) is 3.28. The fourth-order valence-corrected chi connectivity index (χ4v) is 3.52. The summed E-state index contributed by atoms with van der Waals surface area (Å²) in [5, 5.41) is 6.51. The van der Waals surface area contributed by atoms with E-state index in [9.17, 15) is 4.79 Å². The van der Waals surface area contributed by atoms with Crippen LogP contribution in [0, 0.1) is 6.92 Å². The van der Waals surface area contributed by atoms with Gasteiger partial charge in [0.1, 0.15) is 5.65 Å². The lowest BCUT2D eigenvalue weighted by molar-refractivity contribution is -0.121. The van der Waals surface area contributed by atoms with Crippen molar-refractivity contribution in [2.24, 2.45) is 0 Å². The Balaban J connectivity index is 1.37. The summed E-state index contributed by atoms with van der Waals surface area (Å²) < 4.78 is 2.03. The van der Waals surface area contributed by atoms with Crippen LogP contribution in [0.5, 0.6) is 0 Å². The Labute approximate surface area is 147 Å². The van der Waals surface area contributed by atoms with Gasteiger partial charge in [-0.15, -0.1) is 0 Å². The highest BCUT2D eigenvalue weighted by molar-refractivity contribution is 5.76. The van der Waals surface area contributed by atoms with Crippen LogP contribution in [0.15, 0.2) is 48.7 Å². The van der Waals surface area contributed by atoms with E-state index >= 15 is 0 Å². The molecule has 0 fully saturated rings. The van der Waals surface area contributed by atoms with Crippen LogP contribution in [0.25, 0.3) is 5.65 Å². The average Bonchev–Trinajstić information content (AvgIpc) is 2.95. The standard InChI is InChI=1S/C20H22N4O/c1-14-18(24-9-5-4-8-19(24)23-14)13-22-20(25)11-17-10-15-6-2-3-7-16(15)12-21-17/h2-9,17,21H,10-13H2,1H3,(H,22,25)/t17-/m0/s1. The molecule has 2 aromatic heterocycles. The normalized spacial score (nSPS) is 16.6. The van der Waals surface area contributed by atoms with Crippen molar-refractivity contribution in [3.63, 3.8) is 0 Å². The molecule has 1 atom stereocenters. The Bertz CT molecular complexity index is 915. The highest BCUT2D eigenvalue weighted by Crippen LogP contribution is 2.18. The number of hydrogen-bond donors (Lipinski definition) is 2. The second-order valence-electron chi connectivity index (χ2n) is 6.60. The molecule has 0 radical (unpaired) electrons. The van der Waals surface area contributed by atoms with Crippen LogP contribution < -0.4 is 10.6 Å².